The van der Waals surface area contributed by atoms with E-state index in [1.54, 1.807) is 18.5 Å². The average Bonchev–Trinajstić information content (AvgIpc) is 2.95. The second-order valence-electron chi connectivity index (χ2n) is 4.66. The van der Waals surface area contributed by atoms with Crippen molar-refractivity contribution in [1.29, 1.82) is 0 Å². The van der Waals surface area contributed by atoms with Gasteiger partial charge in [-0.15, -0.1) is 0 Å². The van der Waals surface area contributed by atoms with Gasteiger partial charge in [-0.3, -0.25) is 9.78 Å². The summed E-state index contributed by atoms with van der Waals surface area (Å²) in [5.41, 5.74) is 1.48. The first kappa shape index (κ1) is 14.4. The normalized spacial score (nSPS) is 10.5. The number of benzene rings is 1. The summed E-state index contributed by atoms with van der Waals surface area (Å²) in [7, 11) is 0. The molecule has 0 amide bonds. The maximum Gasteiger partial charge on any atom is 0.192 e. The number of halogens is 1. The number of ether oxygens (including phenoxy) is 1. The van der Waals surface area contributed by atoms with Gasteiger partial charge in [0, 0.05) is 17.3 Å². The van der Waals surface area contributed by atoms with Crippen molar-refractivity contribution in [2.45, 2.75) is 6.92 Å². The zero-order chi connectivity index (χ0) is 15.5. The van der Waals surface area contributed by atoms with E-state index in [4.69, 9.17) is 4.74 Å². The summed E-state index contributed by atoms with van der Waals surface area (Å²) >= 11 is 1.38. The molecule has 1 aromatic carbocycles. The van der Waals surface area contributed by atoms with E-state index in [0.717, 1.165) is 10.4 Å². The van der Waals surface area contributed by atoms with E-state index in [-0.39, 0.29) is 11.6 Å². The summed E-state index contributed by atoms with van der Waals surface area (Å²) in [6, 6.07) is 11.3. The number of pyridine rings is 1. The van der Waals surface area contributed by atoms with Crippen molar-refractivity contribution in [2.24, 2.45) is 0 Å². The van der Waals surface area contributed by atoms with Crippen LogP contribution in [0.15, 0.2) is 54.9 Å². The van der Waals surface area contributed by atoms with Gasteiger partial charge >= 0.3 is 0 Å². The number of rotatable bonds is 4. The molecule has 2 aromatic heterocycles. The van der Waals surface area contributed by atoms with Gasteiger partial charge < -0.3 is 4.74 Å². The van der Waals surface area contributed by atoms with Crippen LogP contribution in [0.4, 0.5) is 4.39 Å². The third kappa shape index (κ3) is 3.04. The first-order chi connectivity index (χ1) is 10.6. The SMILES string of the molecule is CC(=O)c1cc(-c2ccncc2)sc1Oc1ccc(F)cc1. The average molecular weight is 313 g/mol. The van der Waals surface area contributed by atoms with Gasteiger partial charge in [0.15, 0.2) is 10.8 Å². The zero-order valence-electron chi connectivity index (χ0n) is 11.7. The number of Topliss-reactive ketones (excluding diaryl/α,β-unsaturated/α-hetero) is 1. The number of hydrogen-bond acceptors (Lipinski definition) is 4. The Bertz CT molecular complexity index is 797. The lowest BCUT2D eigenvalue weighted by Crippen LogP contribution is -1.92. The lowest BCUT2D eigenvalue weighted by Gasteiger charge is -2.04. The van der Waals surface area contributed by atoms with Gasteiger partial charge in [0.25, 0.3) is 0 Å². The number of hydrogen-bond donors (Lipinski definition) is 0. The van der Waals surface area contributed by atoms with E-state index in [0.29, 0.717) is 16.4 Å². The highest BCUT2D eigenvalue weighted by Crippen LogP contribution is 2.39. The van der Waals surface area contributed by atoms with Crippen LogP contribution in [0.1, 0.15) is 17.3 Å². The minimum atomic E-state index is -0.331. The molecule has 0 aliphatic heterocycles. The van der Waals surface area contributed by atoms with Crippen molar-refractivity contribution < 1.29 is 13.9 Å². The van der Waals surface area contributed by atoms with Crippen molar-refractivity contribution >= 4 is 17.1 Å². The van der Waals surface area contributed by atoms with Crippen molar-refractivity contribution in [3.63, 3.8) is 0 Å². The Hall–Kier alpha value is -2.53. The standard InChI is InChI=1S/C17H12FNO2S/c1-11(20)15-10-16(12-6-8-19-9-7-12)22-17(15)21-14-4-2-13(18)3-5-14/h2-10H,1H3. The van der Waals surface area contributed by atoms with Gasteiger partial charge in [-0.1, -0.05) is 11.3 Å². The molecule has 3 nitrogen and oxygen atoms in total. The second-order valence-corrected chi connectivity index (χ2v) is 5.67. The third-order valence-electron chi connectivity index (χ3n) is 3.07. The van der Waals surface area contributed by atoms with Crippen molar-refractivity contribution in [3.05, 3.63) is 66.2 Å². The van der Waals surface area contributed by atoms with Gasteiger partial charge in [0.05, 0.1) is 5.56 Å². The van der Waals surface area contributed by atoms with Gasteiger partial charge in [0.2, 0.25) is 0 Å². The number of carbonyl (C=O) groups excluding carboxylic acids is 1. The van der Waals surface area contributed by atoms with Crippen LogP contribution in [0.3, 0.4) is 0 Å². The predicted octanol–water partition coefficient (Wildman–Crippen LogP) is 4.94. The lowest BCUT2D eigenvalue weighted by atomic mass is 10.1. The molecule has 0 spiro atoms. The van der Waals surface area contributed by atoms with Crippen LogP contribution >= 0.6 is 11.3 Å². The maximum atomic E-state index is 12.9. The Morgan fingerprint density at radius 1 is 1.14 bits per heavy atom. The number of nitrogens with zero attached hydrogens (tertiary/aromatic N) is 1. The molecule has 0 aliphatic carbocycles. The Balaban J connectivity index is 1.97. The molecule has 0 fully saturated rings. The highest BCUT2D eigenvalue weighted by molar-refractivity contribution is 7.17. The highest BCUT2D eigenvalue weighted by atomic mass is 32.1. The van der Waals surface area contributed by atoms with Crippen LogP contribution in [0.25, 0.3) is 10.4 Å². The topological polar surface area (TPSA) is 39.2 Å². The van der Waals surface area contributed by atoms with E-state index in [2.05, 4.69) is 4.98 Å². The quantitative estimate of drug-likeness (QED) is 0.640. The monoisotopic (exact) mass is 313 g/mol. The zero-order valence-corrected chi connectivity index (χ0v) is 12.6. The summed E-state index contributed by atoms with van der Waals surface area (Å²) in [6.45, 7) is 1.50. The summed E-state index contributed by atoms with van der Waals surface area (Å²) < 4.78 is 18.7. The minimum Gasteiger partial charge on any atom is -0.446 e. The molecule has 0 unspecified atom stereocenters. The molecular weight excluding hydrogens is 301 g/mol. The molecule has 3 rings (SSSR count). The Kier molecular flexibility index (Phi) is 3.98. The number of aromatic nitrogens is 1. The summed E-state index contributed by atoms with van der Waals surface area (Å²) in [4.78, 5) is 16.7. The Morgan fingerprint density at radius 2 is 1.82 bits per heavy atom. The largest absolute Gasteiger partial charge is 0.446 e. The van der Waals surface area contributed by atoms with Crippen LogP contribution in [0.2, 0.25) is 0 Å². The van der Waals surface area contributed by atoms with Gasteiger partial charge in [-0.05, 0) is 55.0 Å². The Labute approximate surface area is 131 Å². The van der Waals surface area contributed by atoms with Gasteiger partial charge in [0.1, 0.15) is 11.6 Å². The van der Waals surface area contributed by atoms with Crippen LogP contribution in [-0.2, 0) is 0 Å². The second kappa shape index (κ2) is 6.07. The van der Waals surface area contributed by atoms with E-state index in [9.17, 15) is 9.18 Å². The van der Waals surface area contributed by atoms with Crippen LogP contribution in [-0.4, -0.2) is 10.8 Å². The molecule has 0 saturated heterocycles. The smallest absolute Gasteiger partial charge is 0.192 e. The van der Waals surface area contributed by atoms with Gasteiger partial charge in [-0.2, -0.15) is 0 Å². The van der Waals surface area contributed by atoms with E-state index >= 15 is 0 Å². The summed E-state index contributed by atoms with van der Waals surface area (Å²) in [5.74, 6) is 0.0866. The first-order valence-corrected chi connectivity index (χ1v) is 7.44. The van der Waals surface area contributed by atoms with Crippen LogP contribution in [0.5, 0.6) is 10.8 Å². The fourth-order valence-corrected chi connectivity index (χ4v) is 3.04. The fraction of sp³-hybridized carbons (Fsp3) is 0.0588. The maximum absolute atomic E-state index is 12.9. The molecule has 0 aliphatic rings. The number of carbonyl (C=O) groups is 1. The van der Waals surface area contributed by atoms with E-state index in [1.165, 1.54) is 42.5 Å². The first-order valence-electron chi connectivity index (χ1n) is 6.62. The predicted molar refractivity (Wildman–Crippen MR) is 84.0 cm³/mol. The van der Waals surface area contributed by atoms with Gasteiger partial charge in [-0.25, -0.2) is 4.39 Å². The molecule has 0 atom stereocenters. The molecule has 0 saturated carbocycles. The van der Waals surface area contributed by atoms with Crippen LogP contribution in [0, 0.1) is 5.82 Å². The summed E-state index contributed by atoms with van der Waals surface area (Å²) in [5, 5.41) is 0.505. The molecule has 5 heteroatoms. The van der Waals surface area contributed by atoms with Crippen molar-refractivity contribution in [2.75, 3.05) is 0 Å². The fourth-order valence-electron chi connectivity index (χ4n) is 1.96. The molecule has 22 heavy (non-hydrogen) atoms. The van der Waals surface area contributed by atoms with Crippen LogP contribution < -0.4 is 4.74 Å². The number of ketones is 1. The molecule has 0 radical (unpaired) electrons. The summed E-state index contributed by atoms with van der Waals surface area (Å²) in [6.07, 6.45) is 3.39. The molecule has 2 heterocycles. The molecule has 0 N–H and O–H groups in total. The van der Waals surface area contributed by atoms with E-state index < -0.39 is 0 Å². The van der Waals surface area contributed by atoms with E-state index in [1.807, 2.05) is 12.1 Å². The Morgan fingerprint density at radius 3 is 2.45 bits per heavy atom. The van der Waals surface area contributed by atoms with Crippen molar-refractivity contribution in [3.8, 4) is 21.3 Å². The lowest BCUT2D eigenvalue weighted by molar-refractivity contribution is 0.101. The molecule has 0 bridgehead atoms. The van der Waals surface area contributed by atoms with Crippen molar-refractivity contribution in [1.82, 2.24) is 4.98 Å². The highest BCUT2D eigenvalue weighted by Gasteiger charge is 2.16. The molecule has 3 aromatic rings. The molecular formula is C17H12FNO2S. The molecule has 110 valence electrons. The minimum absolute atomic E-state index is 0.0753. The third-order valence-corrected chi connectivity index (χ3v) is 4.13. The number of thiophene rings is 1.